The van der Waals surface area contributed by atoms with Crippen molar-refractivity contribution < 1.29 is 0 Å². The Labute approximate surface area is 138 Å². The number of halogens is 2. The Morgan fingerprint density at radius 2 is 1.76 bits per heavy atom. The standard InChI is InChI=1S/C17H15Cl2NS/c1-11(12-6-8-13(18)9-7-12)20-10-16-17(19)14-4-2-3-5-15(14)21-16/h2-9,11,20H,10H2,1H3/t11-/m0/s1. The third kappa shape index (κ3) is 3.24. The molecule has 3 rings (SSSR count). The Bertz CT molecular complexity index is 749. The molecule has 4 heteroatoms. The van der Waals surface area contributed by atoms with Crippen molar-refractivity contribution in [2.75, 3.05) is 0 Å². The van der Waals surface area contributed by atoms with Crippen molar-refractivity contribution in [1.82, 2.24) is 5.32 Å². The van der Waals surface area contributed by atoms with Crippen LogP contribution in [0.3, 0.4) is 0 Å². The molecule has 108 valence electrons. The molecule has 0 spiro atoms. The summed E-state index contributed by atoms with van der Waals surface area (Å²) in [5.74, 6) is 0. The van der Waals surface area contributed by atoms with E-state index >= 15 is 0 Å². The van der Waals surface area contributed by atoms with Crippen LogP contribution in [0.1, 0.15) is 23.4 Å². The van der Waals surface area contributed by atoms with Crippen molar-refractivity contribution >= 4 is 44.6 Å². The van der Waals surface area contributed by atoms with E-state index in [0.717, 1.165) is 22.0 Å². The molecule has 0 aliphatic heterocycles. The van der Waals surface area contributed by atoms with Crippen LogP contribution in [-0.2, 0) is 6.54 Å². The highest BCUT2D eigenvalue weighted by molar-refractivity contribution is 7.19. The van der Waals surface area contributed by atoms with Gasteiger partial charge in [0, 0.05) is 32.6 Å². The quantitative estimate of drug-likeness (QED) is 0.611. The molecule has 1 heterocycles. The summed E-state index contributed by atoms with van der Waals surface area (Å²) in [6.45, 7) is 2.91. The van der Waals surface area contributed by atoms with E-state index in [1.54, 1.807) is 11.3 Å². The third-order valence-corrected chi connectivity index (χ3v) is 5.51. The first-order valence-corrected chi connectivity index (χ1v) is 8.37. The van der Waals surface area contributed by atoms with Crippen LogP contribution < -0.4 is 5.32 Å². The Morgan fingerprint density at radius 3 is 2.48 bits per heavy atom. The van der Waals surface area contributed by atoms with Crippen molar-refractivity contribution in [3.05, 3.63) is 69.0 Å². The number of hydrogen-bond acceptors (Lipinski definition) is 2. The lowest BCUT2D eigenvalue weighted by molar-refractivity contribution is 0.579. The SMILES string of the molecule is C[C@H](NCc1sc2ccccc2c1Cl)c1ccc(Cl)cc1. The summed E-state index contributed by atoms with van der Waals surface area (Å²) >= 11 is 14.1. The number of hydrogen-bond donors (Lipinski definition) is 1. The molecule has 0 saturated heterocycles. The Hall–Kier alpha value is -1.06. The number of nitrogens with one attached hydrogen (secondary N) is 1. The number of fused-ring (bicyclic) bond motifs is 1. The zero-order valence-corrected chi connectivity index (χ0v) is 13.9. The summed E-state index contributed by atoms with van der Waals surface area (Å²) in [5, 5.41) is 6.29. The van der Waals surface area contributed by atoms with Crippen molar-refractivity contribution in [3.8, 4) is 0 Å². The fraction of sp³-hybridized carbons (Fsp3) is 0.176. The number of benzene rings is 2. The van der Waals surface area contributed by atoms with Crippen LogP contribution >= 0.6 is 34.5 Å². The molecule has 21 heavy (non-hydrogen) atoms. The fourth-order valence-electron chi connectivity index (χ4n) is 2.29. The molecule has 1 aromatic heterocycles. The van der Waals surface area contributed by atoms with Crippen LogP contribution in [0.25, 0.3) is 10.1 Å². The molecule has 0 amide bonds. The molecule has 1 nitrogen and oxygen atoms in total. The van der Waals surface area contributed by atoms with E-state index < -0.39 is 0 Å². The van der Waals surface area contributed by atoms with Gasteiger partial charge in [0.05, 0.1) is 5.02 Å². The van der Waals surface area contributed by atoms with Gasteiger partial charge in [-0.3, -0.25) is 0 Å². The smallest absolute Gasteiger partial charge is 0.0636 e. The molecule has 0 bridgehead atoms. The second kappa shape index (κ2) is 6.37. The van der Waals surface area contributed by atoms with Crippen LogP contribution in [-0.4, -0.2) is 0 Å². The lowest BCUT2D eigenvalue weighted by Crippen LogP contribution is -2.17. The van der Waals surface area contributed by atoms with Gasteiger partial charge in [0.25, 0.3) is 0 Å². The summed E-state index contributed by atoms with van der Waals surface area (Å²) in [6, 6.07) is 16.4. The Balaban J connectivity index is 1.74. The number of thiophene rings is 1. The van der Waals surface area contributed by atoms with E-state index in [4.69, 9.17) is 23.2 Å². The first kappa shape index (κ1) is 14.9. The second-order valence-corrected chi connectivity index (χ2v) is 6.94. The normalized spacial score (nSPS) is 12.7. The van der Waals surface area contributed by atoms with Crippen molar-refractivity contribution in [1.29, 1.82) is 0 Å². The minimum atomic E-state index is 0.253. The summed E-state index contributed by atoms with van der Waals surface area (Å²) < 4.78 is 1.23. The molecule has 3 aromatic rings. The zero-order chi connectivity index (χ0) is 14.8. The molecule has 0 unspecified atom stereocenters. The lowest BCUT2D eigenvalue weighted by atomic mass is 10.1. The highest BCUT2D eigenvalue weighted by atomic mass is 35.5. The van der Waals surface area contributed by atoms with E-state index in [-0.39, 0.29) is 6.04 Å². The van der Waals surface area contributed by atoms with Gasteiger partial charge in [0.15, 0.2) is 0 Å². The molecule has 0 aliphatic carbocycles. The molecule has 0 fully saturated rings. The average Bonchev–Trinajstić information content (AvgIpc) is 2.82. The van der Waals surface area contributed by atoms with Gasteiger partial charge in [-0.25, -0.2) is 0 Å². The van der Waals surface area contributed by atoms with Crippen LogP contribution in [0, 0.1) is 0 Å². The van der Waals surface area contributed by atoms with Gasteiger partial charge in [0.1, 0.15) is 0 Å². The average molecular weight is 336 g/mol. The van der Waals surface area contributed by atoms with Gasteiger partial charge in [-0.2, -0.15) is 0 Å². The first-order valence-electron chi connectivity index (χ1n) is 6.80. The predicted octanol–water partition coefficient (Wildman–Crippen LogP) is 6.06. The molecule has 1 N–H and O–H groups in total. The summed E-state index contributed by atoms with van der Waals surface area (Å²) in [4.78, 5) is 1.18. The van der Waals surface area contributed by atoms with Crippen LogP contribution in [0.15, 0.2) is 48.5 Å². The topological polar surface area (TPSA) is 12.0 Å². The maximum atomic E-state index is 6.46. The maximum absolute atomic E-state index is 6.46. The van der Waals surface area contributed by atoms with E-state index in [1.807, 2.05) is 36.4 Å². The van der Waals surface area contributed by atoms with Gasteiger partial charge < -0.3 is 5.32 Å². The third-order valence-electron chi connectivity index (χ3n) is 3.54. The first-order chi connectivity index (χ1) is 10.1. The predicted molar refractivity (Wildman–Crippen MR) is 93.5 cm³/mol. The minimum absolute atomic E-state index is 0.253. The molecule has 0 radical (unpaired) electrons. The highest BCUT2D eigenvalue weighted by Gasteiger charge is 2.11. The van der Waals surface area contributed by atoms with Crippen LogP contribution in [0.2, 0.25) is 10.0 Å². The Morgan fingerprint density at radius 1 is 1.05 bits per heavy atom. The minimum Gasteiger partial charge on any atom is -0.305 e. The largest absolute Gasteiger partial charge is 0.305 e. The van der Waals surface area contributed by atoms with E-state index in [9.17, 15) is 0 Å². The number of rotatable bonds is 4. The van der Waals surface area contributed by atoms with Gasteiger partial charge in [-0.05, 0) is 30.7 Å². The van der Waals surface area contributed by atoms with E-state index in [1.165, 1.54) is 15.1 Å². The Kier molecular flexibility index (Phi) is 4.51. The van der Waals surface area contributed by atoms with Gasteiger partial charge >= 0.3 is 0 Å². The van der Waals surface area contributed by atoms with Crippen LogP contribution in [0.4, 0.5) is 0 Å². The van der Waals surface area contributed by atoms with Gasteiger partial charge in [-0.1, -0.05) is 53.5 Å². The maximum Gasteiger partial charge on any atom is 0.0636 e. The van der Waals surface area contributed by atoms with E-state index in [0.29, 0.717) is 0 Å². The summed E-state index contributed by atoms with van der Waals surface area (Å²) in [5.41, 5.74) is 1.22. The summed E-state index contributed by atoms with van der Waals surface area (Å²) in [6.07, 6.45) is 0. The highest BCUT2D eigenvalue weighted by Crippen LogP contribution is 2.35. The van der Waals surface area contributed by atoms with Crippen LogP contribution in [0.5, 0.6) is 0 Å². The second-order valence-electron chi connectivity index (χ2n) is 4.99. The molecular weight excluding hydrogens is 321 g/mol. The van der Waals surface area contributed by atoms with Gasteiger partial charge in [0.2, 0.25) is 0 Å². The molecule has 2 aromatic carbocycles. The fourth-order valence-corrected chi connectivity index (χ4v) is 3.87. The van der Waals surface area contributed by atoms with Crippen molar-refractivity contribution in [3.63, 3.8) is 0 Å². The van der Waals surface area contributed by atoms with E-state index in [2.05, 4.69) is 24.4 Å². The monoisotopic (exact) mass is 335 g/mol. The molecule has 1 atom stereocenters. The molecular formula is C17H15Cl2NS. The molecule has 0 aliphatic rings. The van der Waals surface area contributed by atoms with Crippen molar-refractivity contribution in [2.24, 2.45) is 0 Å². The molecule has 0 saturated carbocycles. The van der Waals surface area contributed by atoms with Crippen molar-refractivity contribution in [2.45, 2.75) is 19.5 Å². The lowest BCUT2D eigenvalue weighted by Gasteiger charge is -2.13. The van der Waals surface area contributed by atoms with Gasteiger partial charge in [-0.15, -0.1) is 11.3 Å². The zero-order valence-electron chi connectivity index (χ0n) is 11.6. The summed E-state index contributed by atoms with van der Waals surface area (Å²) in [7, 11) is 0.